The summed E-state index contributed by atoms with van der Waals surface area (Å²) in [5.74, 6) is 0.171. The van der Waals surface area contributed by atoms with Crippen LogP contribution in [0.15, 0.2) is 12.1 Å². The molecule has 0 saturated heterocycles. The molecule has 1 aromatic heterocycles. The third-order valence-electron chi connectivity index (χ3n) is 2.15. The van der Waals surface area contributed by atoms with Crippen LogP contribution in [-0.4, -0.2) is 10.2 Å². The van der Waals surface area contributed by atoms with E-state index in [9.17, 15) is 0 Å². The largest absolute Gasteiger partial charge is 0.383 e. The maximum Gasteiger partial charge on any atom is 0.137 e. The monoisotopic (exact) mass is 286 g/mol. The summed E-state index contributed by atoms with van der Waals surface area (Å²) in [6, 6.07) is 4.99. The van der Waals surface area contributed by atoms with Crippen LogP contribution < -0.4 is 5.73 Å². The van der Waals surface area contributed by atoms with Gasteiger partial charge in [-0.15, -0.1) is 0 Å². The molecule has 0 amide bonds. The number of aromatic nitrogens is 2. The number of nitriles is 1. The minimum atomic E-state index is 0.171. The number of nitrogens with two attached hydrogens (primary N) is 1. The van der Waals surface area contributed by atoms with Gasteiger partial charge in [0, 0.05) is 10.6 Å². The Bertz CT molecular complexity index is 604. The lowest BCUT2D eigenvalue weighted by molar-refractivity contribution is 1.10. The molecular weight excluding hydrogens is 282 g/mol. The van der Waals surface area contributed by atoms with Gasteiger partial charge >= 0.3 is 0 Å². The van der Waals surface area contributed by atoms with E-state index in [-0.39, 0.29) is 11.4 Å². The second-order valence-electron chi connectivity index (χ2n) is 3.22. The molecule has 2 rings (SSSR count). The summed E-state index contributed by atoms with van der Waals surface area (Å²) < 4.78 is 0. The van der Waals surface area contributed by atoms with Crippen molar-refractivity contribution in [1.29, 1.82) is 5.26 Å². The van der Waals surface area contributed by atoms with Crippen molar-refractivity contribution in [3.05, 3.63) is 32.8 Å². The third-order valence-corrected chi connectivity index (χ3v) is 2.96. The van der Waals surface area contributed by atoms with E-state index in [4.69, 9.17) is 45.8 Å². The van der Waals surface area contributed by atoms with Gasteiger partial charge < -0.3 is 5.73 Å². The van der Waals surface area contributed by atoms with Crippen molar-refractivity contribution in [2.75, 3.05) is 5.73 Å². The highest BCUT2D eigenvalue weighted by Crippen LogP contribution is 2.38. The van der Waals surface area contributed by atoms with Crippen LogP contribution in [0.25, 0.3) is 11.3 Å². The number of nitrogens with one attached hydrogen (secondary N) is 1. The fourth-order valence-corrected chi connectivity index (χ4v) is 2.41. The molecule has 86 valence electrons. The zero-order chi connectivity index (χ0) is 12.6. The average Bonchev–Trinajstić information content (AvgIpc) is 2.58. The van der Waals surface area contributed by atoms with Gasteiger partial charge in [-0.25, -0.2) is 0 Å². The van der Waals surface area contributed by atoms with Gasteiger partial charge in [-0.1, -0.05) is 34.8 Å². The van der Waals surface area contributed by atoms with Crippen LogP contribution >= 0.6 is 34.8 Å². The maximum absolute atomic E-state index is 8.98. The molecule has 0 radical (unpaired) electrons. The highest BCUT2D eigenvalue weighted by Gasteiger charge is 2.18. The zero-order valence-electron chi connectivity index (χ0n) is 8.26. The Labute approximate surface area is 112 Å². The number of anilines is 1. The molecule has 17 heavy (non-hydrogen) atoms. The number of nitrogen functional groups attached to an aromatic ring is 1. The minimum Gasteiger partial charge on any atom is -0.383 e. The van der Waals surface area contributed by atoms with Crippen LogP contribution in [0, 0.1) is 11.3 Å². The number of rotatable bonds is 1. The Balaban J connectivity index is 2.74. The molecule has 0 saturated carbocycles. The fraction of sp³-hybridized carbons (Fsp3) is 0. The molecule has 0 unspecified atom stereocenters. The fourth-order valence-electron chi connectivity index (χ4n) is 1.42. The summed E-state index contributed by atoms with van der Waals surface area (Å²) in [4.78, 5) is 0. The van der Waals surface area contributed by atoms with Crippen molar-refractivity contribution in [1.82, 2.24) is 10.2 Å². The Kier molecular flexibility index (Phi) is 3.16. The molecule has 7 heteroatoms. The number of H-pyrrole nitrogens is 1. The van der Waals surface area contributed by atoms with E-state index < -0.39 is 0 Å². The number of hydrogen-bond donors (Lipinski definition) is 2. The molecule has 2 aromatic rings. The Morgan fingerprint density at radius 1 is 1.24 bits per heavy atom. The number of halogens is 3. The van der Waals surface area contributed by atoms with Crippen LogP contribution in [0.2, 0.25) is 15.1 Å². The molecule has 4 nitrogen and oxygen atoms in total. The summed E-state index contributed by atoms with van der Waals surface area (Å²) in [7, 11) is 0. The average molecular weight is 288 g/mol. The highest BCUT2D eigenvalue weighted by molar-refractivity contribution is 6.41. The standard InChI is InChI=1S/C10H5Cl3N4/c11-4-1-6(12)8(7(13)2-4)9-5(3-14)10(15)17-16-9/h1-2H,(H3,15,16,17). The van der Waals surface area contributed by atoms with Gasteiger partial charge in [0.25, 0.3) is 0 Å². The lowest BCUT2D eigenvalue weighted by atomic mass is 10.1. The van der Waals surface area contributed by atoms with Crippen molar-refractivity contribution < 1.29 is 0 Å². The summed E-state index contributed by atoms with van der Waals surface area (Å²) >= 11 is 17.9. The normalized spacial score (nSPS) is 10.2. The highest BCUT2D eigenvalue weighted by atomic mass is 35.5. The Morgan fingerprint density at radius 3 is 2.35 bits per heavy atom. The first-order valence-electron chi connectivity index (χ1n) is 4.43. The number of hydrogen-bond acceptors (Lipinski definition) is 3. The molecule has 1 aromatic carbocycles. The summed E-state index contributed by atoms with van der Waals surface area (Å²) in [5, 5.41) is 16.4. The molecule has 0 fully saturated rings. The van der Waals surface area contributed by atoms with Crippen molar-refractivity contribution in [2.45, 2.75) is 0 Å². The summed E-state index contributed by atoms with van der Waals surface area (Å²) in [6.07, 6.45) is 0. The molecule has 0 bridgehead atoms. The minimum absolute atomic E-state index is 0.171. The zero-order valence-corrected chi connectivity index (χ0v) is 10.5. The first kappa shape index (κ1) is 12.1. The van der Waals surface area contributed by atoms with Crippen molar-refractivity contribution in [3.63, 3.8) is 0 Å². The number of aromatic amines is 1. The molecule has 0 aliphatic heterocycles. The topological polar surface area (TPSA) is 78.5 Å². The first-order chi connectivity index (χ1) is 8.04. The van der Waals surface area contributed by atoms with Crippen LogP contribution in [0.3, 0.4) is 0 Å². The molecule has 0 aliphatic carbocycles. The summed E-state index contributed by atoms with van der Waals surface area (Å²) in [6.45, 7) is 0. The molecule has 0 spiro atoms. The van der Waals surface area contributed by atoms with E-state index in [2.05, 4.69) is 10.2 Å². The predicted octanol–water partition coefficient (Wildman–Crippen LogP) is 3.49. The predicted molar refractivity (Wildman–Crippen MR) is 68.2 cm³/mol. The van der Waals surface area contributed by atoms with Gasteiger partial charge in [-0.2, -0.15) is 10.4 Å². The smallest absolute Gasteiger partial charge is 0.137 e. The van der Waals surface area contributed by atoms with E-state index in [0.717, 1.165) is 0 Å². The lowest BCUT2D eigenvalue weighted by Gasteiger charge is -2.05. The molecule has 3 N–H and O–H groups in total. The SMILES string of the molecule is N#Cc1c(-c2c(Cl)cc(Cl)cc2Cl)n[nH]c1N. The maximum atomic E-state index is 8.98. The van der Waals surface area contributed by atoms with Gasteiger partial charge in [0.1, 0.15) is 23.1 Å². The Morgan fingerprint density at radius 2 is 1.82 bits per heavy atom. The van der Waals surface area contributed by atoms with Crippen molar-refractivity contribution >= 4 is 40.6 Å². The van der Waals surface area contributed by atoms with Crippen LogP contribution in [0.1, 0.15) is 5.56 Å². The number of nitrogens with zero attached hydrogens (tertiary/aromatic N) is 2. The van der Waals surface area contributed by atoms with Crippen molar-refractivity contribution in [3.8, 4) is 17.3 Å². The van der Waals surface area contributed by atoms with Crippen LogP contribution in [-0.2, 0) is 0 Å². The van der Waals surface area contributed by atoms with E-state index in [1.54, 1.807) is 0 Å². The van der Waals surface area contributed by atoms with Gasteiger partial charge in [-0.05, 0) is 12.1 Å². The van der Waals surface area contributed by atoms with E-state index in [1.165, 1.54) is 12.1 Å². The van der Waals surface area contributed by atoms with Crippen LogP contribution in [0.5, 0.6) is 0 Å². The molecular formula is C10H5Cl3N4. The second-order valence-corrected chi connectivity index (χ2v) is 4.47. The van der Waals surface area contributed by atoms with Crippen molar-refractivity contribution in [2.24, 2.45) is 0 Å². The van der Waals surface area contributed by atoms with Crippen LogP contribution in [0.4, 0.5) is 5.82 Å². The van der Waals surface area contributed by atoms with Gasteiger partial charge in [0.05, 0.1) is 10.0 Å². The second kappa shape index (κ2) is 4.46. The summed E-state index contributed by atoms with van der Waals surface area (Å²) in [5.41, 5.74) is 6.52. The van der Waals surface area contributed by atoms with E-state index >= 15 is 0 Å². The third kappa shape index (κ3) is 2.05. The first-order valence-corrected chi connectivity index (χ1v) is 5.57. The quantitative estimate of drug-likeness (QED) is 0.842. The van der Waals surface area contributed by atoms with E-state index in [1.807, 2.05) is 6.07 Å². The molecule has 0 atom stereocenters. The van der Waals surface area contributed by atoms with Gasteiger partial charge in [-0.3, -0.25) is 5.10 Å². The van der Waals surface area contributed by atoms with Gasteiger partial charge in [0.2, 0.25) is 0 Å². The molecule has 1 heterocycles. The van der Waals surface area contributed by atoms with Gasteiger partial charge in [0.15, 0.2) is 0 Å². The lowest BCUT2D eigenvalue weighted by Crippen LogP contribution is -1.89. The van der Waals surface area contributed by atoms with E-state index in [0.29, 0.717) is 26.3 Å². The number of benzene rings is 1. The molecule has 0 aliphatic rings. The Hall–Kier alpha value is -1.41.